The van der Waals surface area contributed by atoms with Crippen LogP contribution in [0.4, 0.5) is 10.1 Å². The standard InChI is InChI=1S/C23H20FN3O2S/c24-17-11-9-16(10-12-17)15-26-21(28)8-4-14-27-19-6-1-2-7-20(19)30-22-18(23(27)29)5-3-13-25-22/h1-3,5-7,9-13H,4,8,14-15H2,(H,26,28). The van der Waals surface area contributed by atoms with Crippen LogP contribution in [0.2, 0.25) is 0 Å². The van der Waals surface area contributed by atoms with Gasteiger partial charge in [0.15, 0.2) is 0 Å². The van der Waals surface area contributed by atoms with Crippen molar-refractivity contribution in [3.05, 3.63) is 83.8 Å². The molecule has 1 aliphatic rings. The lowest BCUT2D eigenvalue weighted by Gasteiger charge is -2.22. The van der Waals surface area contributed by atoms with Gasteiger partial charge in [0.05, 0.1) is 11.3 Å². The number of halogens is 1. The SMILES string of the molecule is O=C(CCCN1C(=O)c2cccnc2Sc2ccccc21)NCc1ccc(F)cc1. The Morgan fingerprint density at radius 1 is 1.07 bits per heavy atom. The number of hydrogen-bond donors (Lipinski definition) is 1. The Kier molecular flexibility index (Phi) is 6.09. The number of anilines is 1. The number of fused-ring (bicyclic) bond motifs is 2. The van der Waals surface area contributed by atoms with Gasteiger partial charge >= 0.3 is 0 Å². The van der Waals surface area contributed by atoms with Gasteiger partial charge < -0.3 is 10.2 Å². The van der Waals surface area contributed by atoms with Gasteiger partial charge in [-0.15, -0.1) is 0 Å². The highest BCUT2D eigenvalue weighted by atomic mass is 32.2. The number of carbonyl (C=O) groups excluding carboxylic acids is 2. The average molecular weight is 421 g/mol. The monoisotopic (exact) mass is 421 g/mol. The molecule has 0 fully saturated rings. The Bertz CT molecular complexity index is 1070. The second-order valence-electron chi connectivity index (χ2n) is 6.89. The van der Waals surface area contributed by atoms with Crippen LogP contribution in [0, 0.1) is 5.82 Å². The summed E-state index contributed by atoms with van der Waals surface area (Å²) in [6.45, 7) is 0.773. The second kappa shape index (κ2) is 9.09. The number of para-hydroxylation sites is 1. The maximum atomic E-state index is 13.2. The van der Waals surface area contributed by atoms with E-state index in [0.717, 1.165) is 16.1 Å². The largest absolute Gasteiger partial charge is 0.352 e. The number of nitrogens with zero attached hydrogens (tertiary/aromatic N) is 2. The summed E-state index contributed by atoms with van der Waals surface area (Å²) in [4.78, 5) is 32.4. The first-order valence-electron chi connectivity index (χ1n) is 9.67. The second-order valence-corrected chi connectivity index (χ2v) is 7.92. The molecule has 30 heavy (non-hydrogen) atoms. The minimum absolute atomic E-state index is 0.105. The summed E-state index contributed by atoms with van der Waals surface area (Å²) in [6.07, 6.45) is 2.50. The molecule has 0 saturated heterocycles. The number of benzene rings is 2. The Morgan fingerprint density at radius 3 is 2.70 bits per heavy atom. The van der Waals surface area contributed by atoms with Gasteiger partial charge in [-0.25, -0.2) is 9.37 Å². The molecule has 5 nitrogen and oxygen atoms in total. The van der Waals surface area contributed by atoms with Gasteiger partial charge in [-0.05, 0) is 48.4 Å². The number of pyridine rings is 1. The molecule has 4 rings (SSSR count). The molecule has 0 saturated carbocycles. The third-order valence-corrected chi connectivity index (χ3v) is 5.88. The van der Waals surface area contributed by atoms with Gasteiger partial charge in [0.2, 0.25) is 5.91 Å². The van der Waals surface area contributed by atoms with E-state index in [0.29, 0.717) is 36.5 Å². The van der Waals surface area contributed by atoms with Gasteiger partial charge in [-0.3, -0.25) is 9.59 Å². The first kappa shape index (κ1) is 20.1. The Hall–Kier alpha value is -3.19. The topological polar surface area (TPSA) is 62.3 Å². The normalized spacial score (nSPS) is 12.7. The maximum absolute atomic E-state index is 13.2. The van der Waals surface area contributed by atoms with Crippen LogP contribution in [0.3, 0.4) is 0 Å². The van der Waals surface area contributed by atoms with Gasteiger partial charge in [-0.2, -0.15) is 0 Å². The van der Waals surface area contributed by atoms with Crippen LogP contribution in [0.5, 0.6) is 0 Å². The molecule has 2 heterocycles. The molecule has 7 heteroatoms. The molecule has 0 unspecified atom stereocenters. The summed E-state index contributed by atoms with van der Waals surface area (Å²) in [5.74, 6) is -0.518. The zero-order chi connectivity index (χ0) is 20.9. The van der Waals surface area contributed by atoms with E-state index >= 15 is 0 Å². The third kappa shape index (κ3) is 4.52. The maximum Gasteiger partial charge on any atom is 0.261 e. The van der Waals surface area contributed by atoms with Crippen molar-refractivity contribution >= 4 is 29.3 Å². The summed E-state index contributed by atoms with van der Waals surface area (Å²) in [5.41, 5.74) is 2.24. The Morgan fingerprint density at radius 2 is 1.87 bits per heavy atom. The molecule has 0 radical (unpaired) electrons. The summed E-state index contributed by atoms with van der Waals surface area (Å²) in [5, 5.41) is 3.52. The third-order valence-electron chi connectivity index (χ3n) is 4.80. The zero-order valence-electron chi connectivity index (χ0n) is 16.2. The highest BCUT2D eigenvalue weighted by Crippen LogP contribution is 2.40. The molecule has 2 aromatic carbocycles. The minimum atomic E-state index is -0.303. The first-order valence-corrected chi connectivity index (χ1v) is 10.5. The Balaban J connectivity index is 1.40. The molecule has 0 bridgehead atoms. The van der Waals surface area contributed by atoms with Crippen LogP contribution in [0.1, 0.15) is 28.8 Å². The van der Waals surface area contributed by atoms with Crippen molar-refractivity contribution in [1.29, 1.82) is 0 Å². The van der Waals surface area contributed by atoms with E-state index in [2.05, 4.69) is 10.3 Å². The van der Waals surface area contributed by atoms with Crippen LogP contribution in [-0.4, -0.2) is 23.3 Å². The zero-order valence-corrected chi connectivity index (χ0v) is 17.0. The molecule has 2 amide bonds. The van der Waals surface area contributed by atoms with Crippen molar-refractivity contribution < 1.29 is 14.0 Å². The lowest BCUT2D eigenvalue weighted by atomic mass is 10.2. The van der Waals surface area contributed by atoms with Crippen LogP contribution in [0.15, 0.2) is 76.8 Å². The minimum Gasteiger partial charge on any atom is -0.352 e. The van der Waals surface area contributed by atoms with Crippen molar-refractivity contribution in [3.63, 3.8) is 0 Å². The van der Waals surface area contributed by atoms with Gasteiger partial charge in [0.25, 0.3) is 5.91 Å². The van der Waals surface area contributed by atoms with Crippen LogP contribution in [0.25, 0.3) is 0 Å². The predicted molar refractivity (Wildman–Crippen MR) is 114 cm³/mol. The number of amides is 2. The molecule has 1 N–H and O–H groups in total. The molecule has 0 aliphatic carbocycles. The fraction of sp³-hybridized carbons (Fsp3) is 0.174. The lowest BCUT2D eigenvalue weighted by molar-refractivity contribution is -0.121. The summed E-state index contributed by atoms with van der Waals surface area (Å²) in [7, 11) is 0. The van der Waals surface area contributed by atoms with E-state index < -0.39 is 0 Å². The lowest BCUT2D eigenvalue weighted by Crippen LogP contribution is -2.33. The van der Waals surface area contributed by atoms with E-state index in [-0.39, 0.29) is 17.6 Å². The van der Waals surface area contributed by atoms with Crippen molar-refractivity contribution in [2.45, 2.75) is 29.3 Å². The molecule has 0 atom stereocenters. The van der Waals surface area contributed by atoms with Gasteiger partial charge in [0, 0.05) is 30.6 Å². The van der Waals surface area contributed by atoms with Crippen LogP contribution < -0.4 is 10.2 Å². The van der Waals surface area contributed by atoms with Crippen molar-refractivity contribution in [2.24, 2.45) is 0 Å². The van der Waals surface area contributed by atoms with Crippen molar-refractivity contribution in [1.82, 2.24) is 10.3 Å². The number of aromatic nitrogens is 1. The van der Waals surface area contributed by atoms with Gasteiger partial charge in [-0.1, -0.05) is 36.0 Å². The summed E-state index contributed by atoms with van der Waals surface area (Å²) < 4.78 is 13.0. The van der Waals surface area contributed by atoms with E-state index in [1.165, 1.54) is 23.9 Å². The molecule has 3 aromatic rings. The van der Waals surface area contributed by atoms with Crippen LogP contribution >= 0.6 is 11.8 Å². The van der Waals surface area contributed by atoms with E-state index in [1.54, 1.807) is 35.4 Å². The predicted octanol–water partition coefficient (Wildman–Crippen LogP) is 4.43. The highest BCUT2D eigenvalue weighted by molar-refractivity contribution is 7.99. The molecule has 0 spiro atoms. The van der Waals surface area contributed by atoms with Crippen LogP contribution in [-0.2, 0) is 11.3 Å². The van der Waals surface area contributed by atoms with Gasteiger partial charge in [0.1, 0.15) is 10.8 Å². The quantitative estimate of drug-likeness (QED) is 0.640. The summed E-state index contributed by atoms with van der Waals surface area (Å²) >= 11 is 1.48. The van der Waals surface area contributed by atoms with E-state index in [1.807, 2.05) is 24.3 Å². The fourth-order valence-electron chi connectivity index (χ4n) is 3.27. The van der Waals surface area contributed by atoms with Crippen molar-refractivity contribution in [3.8, 4) is 0 Å². The molecule has 152 valence electrons. The fourth-order valence-corrected chi connectivity index (χ4v) is 4.29. The first-order chi connectivity index (χ1) is 14.6. The molecular weight excluding hydrogens is 401 g/mol. The average Bonchev–Trinajstić information content (AvgIpc) is 2.88. The number of rotatable bonds is 6. The number of hydrogen-bond acceptors (Lipinski definition) is 4. The summed E-state index contributed by atoms with van der Waals surface area (Å²) in [6, 6.07) is 17.3. The van der Waals surface area contributed by atoms with E-state index in [4.69, 9.17) is 0 Å². The molecule has 1 aliphatic heterocycles. The smallest absolute Gasteiger partial charge is 0.261 e. The number of nitrogens with one attached hydrogen (secondary N) is 1. The highest BCUT2D eigenvalue weighted by Gasteiger charge is 2.27. The Labute approximate surface area is 178 Å². The van der Waals surface area contributed by atoms with E-state index in [9.17, 15) is 14.0 Å². The number of carbonyl (C=O) groups is 2. The molecular formula is C23H20FN3O2S. The van der Waals surface area contributed by atoms with Crippen molar-refractivity contribution in [2.75, 3.05) is 11.4 Å². The molecule has 1 aromatic heterocycles.